The van der Waals surface area contributed by atoms with E-state index in [-0.39, 0.29) is 18.2 Å². The third-order valence-corrected chi connectivity index (χ3v) is 5.25. The van der Waals surface area contributed by atoms with Crippen molar-refractivity contribution in [2.75, 3.05) is 20.8 Å². The number of hydrogen-bond acceptors (Lipinski definition) is 5. The minimum Gasteiger partial charge on any atom is -0.497 e. The van der Waals surface area contributed by atoms with E-state index in [1.54, 1.807) is 12.1 Å². The van der Waals surface area contributed by atoms with Gasteiger partial charge in [0.2, 0.25) is 0 Å². The number of methoxy groups -OCH3 is 2. The van der Waals surface area contributed by atoms with E-state index in [0.29, 0.717) is 17.9 Å². The summed E-state index contributed by atoms with van der Waals surface area (Å²) in [6.45, 7) is 7.71. The highest BCUT2D eigenvalue weighted by Crippen LogP contribution is 2.28. The predicted octanol–water partition coefficient (Wildman–Crippen LogP) is 2.22. The van der Waals surface area contributed by atoms with Gasteiger partial charge in [0.25, 0.3) is 5.91 Å². The van der Waals surface area contributed by atoms with E-state index >= 15 is 0 Å². The van der Waals surface area contributed by atoms with Crippen LogP contribution in [-0.2, 0) is 16.1 Å². The highest BCUT2D eigenvalue weighted by Gasteiger charge is 2.41. The zero-order chi connectivity index (χ0) is 21.1. The van der Waals surface area contributed by atoms with Crippen molar-refractivity contribution in [3.05, 3.63) is 29.3 Å². The number of fused-ring (bicyclic) bond motifs is 1. The van der Waals surface area contributed by atoms with Gasteiger partial charge in [0.05, 0.1) is 20.8 Å². The second-order valence-corrected chi connectivity index (χ2v) is 12.5. The third-order valence-electron chi connectivity index (χ3n) is 4.38. The Morgan fingerprint density at radius 3 is 2.50 bits per heavy atom. The first-order chi connectivity index (χ1) is 13.0. The van der Waals surface area contributed by atoms with Crippen molar-refractivity contribution in [3.8, 4) is 17.2 Å². The third kappa shape index (κ3) is 4.73. The van der Waals surface area contributed by atoms with Gasteiger partial charge in [0.15, 0.2) is 11.3 Å². The van der Waals surface area contributed by atoms with Crippen LogP contribution in [0.5, 0.6) is 5.75 Å². The molecule has 1 aromatic rings. The van der Waals surface area contributed by atoms with Crippen LogP contribution in [0.3, 0.4) is 0 Å². The number of Topliss-reactive ketones (excluding diaryl/α,β-unsaturated/α-hetero) is 1. The molecule has 1 aliphatic rings. The summed E-state index contributed by atoms with van der Waals surface area (Å²) in [5.41, 5.74) is 2.96. The summed E-state index contributed by atoms with van der Waals surface area (Å²) in [5, 5.41) is 2.57. The van der Waals surface area contributed by atoms with E-state index < -0.39 is 19.7 Å². The van der Waals surface area contributed by atoms with Crippen LogP contribution in [0.25, 0.3) is 0 Å². The molecule has 1 N–H and O–H groups in total. The van der Waals surface area contributed by atoms with Crippen molar-refractivity contribution >= 4 is 25.9 Å². The van der Waals surface area contributed by atoms with Gasteiger partial charge in [-0.05, 0) is 24.6 Å². The predicted molar refractivity (Wildman–Crippen MR) is 108 cm³/mol. The Bertz CT molecular complexity index is 866. The minimum absolute atomic E-state index is 0.0647. The van der Waals surface area contributed by atoms with Gasteiger partial charge in [-0.25, -0.2) is 4.79 Å². The van der Waals surface area contributed by atoms with Crippen LogP contribution in [0.4, 0.5) is 4.79 Å². The average Bonchev–Trinajstić information content (AvgIpc) is 2.93. The van der Waals surface area contributed by atoms with Crippen molar-refractivity contribution in [2.24, 2.45) is 0 Å². The maximum atomic E-state index is 12.9. The van der Waals surface area contributed by atoms with E-state index in [2.05, 4.69) is 16.8 Å². The van der Waals surface area contributed by atoms with Gasteiger partial charge in [-0.15, -0.1) is 5.54 Å². The molecule has 1 unspecified atom stereocenters. The van der Waals surface area contributed by atoms with Gasteiger partial charge in [-0.3, -0.25) is 14.9 Å². The molecule has 2 rings (SSSR count). The quantitative estimate of drug-likeness (QED) is 0.603. The normalized spacial score (nSPS) is 15.1. The summed E-state index contributed by atoms with van der Waals surface area (Å²) >= 11 is 0. The molecule has 0 radical (unpaired) electrons. The zero-order valence-electron chi connectivity index (χ0n) is 17.1. The molecule has 1 aliphatic heterocycles. The standard InChI is InChI=1S/C20H26N2O5Si/c1-14(23)20(21-19(25)27-3,9-10-28(4,5)6)13-22-12-15-7-8-16(26-2)11-17(15)18(22)24/h7-8,11H,12-13H2,1-6H3,(H,21,25). The molecule has 0 spiro atoms. The molecular formula is C20H26N2O5Si. The van der Waals surface area contributed by atoms with Crippen LogP contribution in [0, 0.1) is 11.5 Å². The summed E-state index contributed by atoms with van der Waals surface area (Å²) in [6.07, 6.45) is -0.772. The number of carbonyl (C=O) groups excluding carboxylic acids is 3. The maximum Gasteiger partial charge on any atom is 0.408 e. The number of carbonyl (C=O) groups is 3. The first-order valence-corrected chi connectivity index (χ1v) is 12.4. The van der Waals surface area contributed by atoms with Crippen LogP contribution >= 0.6 is 0 Å². The van der Waals surface area contributed by atoms with E-state index in [4.69, 9.17) is 9.47 Å². The number of amides is 2. The molecule has 150 valence electrons. The molecule has 0 saturated carbocycles. The molecule has 1 heterocycles. The van der Waals surface area contributed by atoms with Gasteiger partial charge in [0.1, 0.15) is 13.8 Å². The van der Waals surface area contributed by atoms with Crippen molar-refractivity contribution < 1.29 is 23.9 Å². The summed E-state index contributed by atoms with van der Waals surface area (Å²) in [7, 11) is 0.903. The van der Waals surface area contributed by atoms with Gasteiger partial charge in [-0.2, -0.15) is 0 Å². The summed E-state index contributed by atoms with van der Waals surface area (Å²) < 4.78 is 9.88. The van der Waals surface area contributed by atoms with Crippen molar-refractivity contribution in [1.82, 2.24) is 10.2 Å². The van der Waals surface area contributed by atoms with Crippen LogP contribution in [0.2, 0.25) is 19.6 Å². The lowest BCUT2D eigenvalue weighted by atomic mass is 9.95. The van der Waals surface area contributed by atoms with Crippen LogP contribution in [0.15, 0.2) is 18.2 Å². The molecule has 0 fully saturated rings. The fourth-order valence-electron chi connectivity index (χ4n) is 2.80. The fourth-order valence-corrected chi connectivity index (χ4v) is 3.39. The molecule has 0 saturated heterocycles. The highest BCUT2D eigenvalue weighted by atomic mass is 28.3. The summed E-state index contributed by atoms with van der Waals surface area (Å²) in [5.74, 6) is 2.96. The van der Waals surface area contributed by atoms with E-state index in [9.17, 15) is 14.4 Å². The lowest BCUT2D eigenvalue weighted by Gasteiger charge is -2.31. The highest BCUT2D eigenvalue weighted by molar-refractivity contribution is 6.83. The number of alkyl carbamates (subject to hydrolysis) is 1. The Labute approximate surface area is 166 Å². The molecule has 1 atom stereocenters. The molecule has 28 heavy (non-hydrogen) atoms. The molecule has 0 aromatic heterocycles. The number of rotatable bonds is 5. The maximum absolute atomic E-state index is 12.9. The Hall–Kier alpha value is -2.79. The minimum atomic E-state index is -1.85. The SMILES string of the molecule is COC(=O)NC(C#C[Si](C)(C)C)(CN1Cc2ccc(OC)cc2C1=O)C(C)=O. The van der Waals surface area contributed by atoms with Gasteiger partial charge < -0.3 is 14.4 Å². The van der Waals surface area contributed by atoms with E-state index in [1.165, 1.54) is 26.0 Å². The molecule has 0 bridgehead atoms. The van der Waals surface area contributed by atoms with Gasteiger partial charge in [0, 0.05) is 12.1 Å². The van der Waals surface area contributed by atoms with Gasteiger partial charge >= 0.3 is 6.09 Å². The average molecular weight is 403 g/mol. The number of nitrogens with zero attached hydrogens (tertiary/aromatic N) is 1. The molecule has 8 heteroatoms. The fraction of sp³-hybridized carbons (Fsp3) is 0.450. The largest absolute Gasteiger partial charge is 0.497 e. The Morgan fingerprint density at radius 2 is 1.96 bits per heavy atom. The number of benzene rings is 1. The number of hydrogen-bond donors (Lipinski definition) is 1. The lowest BCUT2D eigenvalue weighted by molar-refractivity contribution is -0.121. The summed E-state index contributed by atoms with van der Waals surface area (Å²) in [4.78, 5) is 38.9. The molecule has 2 amide bonds. The first kappa shape index (κ1) is 21.5. The van der Waals surface area contributed by atoms with E-state index in [0.717, 1.165) is 5.56 Å². The van der Waals surface area contributed by atoms with Crippen molar-refractivity contribution in [3.63, 3.8) is 0 Å². The Balaban J connectivity index is 2.41. The van der Waals surface area contributed by atoms with Crippen LogP contribution < -0.4 is 10.1 Å². The molecule has 1 aromatic carbocycles. The second kappa shape index (κ2) is 8.06. The smallest absolute Gasteiger partial charge is 0.408 e. The van der Waals surface area contributed by atoms with Crippen molar-refractivity contribution in [1.29, 1.82) is 0 Å². The number of ether oxygens (including phenoxy) is 2. The van der Waals surface area contributed by atoms with Crippen molar-refractivity contribution in [2.45, 2.75) is 38.6 Å². The lowest BCUT2D eigenvalue weighted by Crippen LogP contribution is -2.59. The van der Waals surface area contributed by atoms with Crippen LogP contribution in [0.1, 0.15) is 22.8 Å². The first-order valence-electron chi connectivity index (χ1n) is 8.89. The molecular weight excluding hydrogens is 376 g/mol. The van der Waals surface area contributed by atoms with Gasteiger partial charge in [-0.1, -0.05) is 31.6 Å². The topological polar surface area (TPSA) is 84.9 Å². The zero-order valence-corrected chi connectivity index (χ0v) is 18.1. The van der Waals surface area contributed by atoms with E-state index in [1.807, 2.05) is 25.7 Å². The summed E-state index contributed by atoms with van der Waals surface area (Å²) in [6, 6.07) is 5.28. The molecule has 0 aliphatic carbocycles. The molecule has 7 nitrogen and oxygen atoms in total. The van der Waals surface area contributed by atoms with Crippen LogP contribution in [-0.4, -0.2) is 57.1 Å². The number of ketones is 1. The Kier molecular flexibility index (Phi) is 6.19. The monoisotopic (exact) mass is 402 g/mol. The number of nitrogens with one attached hydrogen (secondary N) is 1. The Morgan fingerprint density at radius 1 is 1.29 bits per heavy atom. The second-order valence-electron chi connectivity index (χ2n) is 7.76.